The molecule has 4 aromatic heterocycles. The van der Waals surface area contributed by atoms with Crippen LogP contribution in [0.15, 0.2) is 59.4 Å². The van der Waals surface area contributed by atoms with Crippen LogP contribution in [-0.4, -0.2) is 20.0 Å². The van der Waals surface area contributed by atoms with Crippen LogP contribution in [0.2, 0.25) is 10.3 Å². The van der Waals surface area contributed by atoms with E-state index in [-0.39, 0.29) is 22.7 Å². The standard InChI is InChI=1S/C21H18Cl2N5O6P/c22-18-7-14(8-19(23)26-18)11-32-20-4-3-13(10-25-20)6-15-9-17(34-27-15)16-2-1-5-28(21(16)24)12-33-35(29,30)31/h1-5,7-10,24H,6,11-12H2,(H2,29,30,31). The summed E-state index contributed by atoms with van der Waals surface area (Å²) in [4.78, 5) is 27.8. The predicted octanol–water partition coefficient (Wildman–Crippen LogP) is 2.91. The Labute approximate surface area is 209 Å². The van der Waals surface area contributed by atoms with Crippen molar-refractivity contribution in [1.29, 1.82) is 0 Å². The van der Waals surface area contributed by atoms with Crippen LogP contribution >= 0.6 is 31.0 Å². The number of halogens is 2. The summed E-state index contributed by atoms with van der Waals surface area (Å²) in [6.07, 6.45) is 3.60. The van der Waals surface area contributed by atoms with Gasteiger partial charge in [-0.2, -0.15) is 0 Å². The molecule has 0 amide bonds. The number of pyridine rings is 3. The molecule has 0 radical (unpaired) electrons. The Morgan fingerprint density at radius 1 is 1.17 bits per heavy atom. The molecule has 4 aromatic rings. The Morgan fingerprint density at radius 2 is 1.94 bits per heavy atom. The van der Waals surface area contributed by atoms with Crippen molar-refractivity contribution >= 4 is 36.8 Å². The number of nitrogens with two attached hydrogens (primary N) is 1. The van der Waals surface area contributed by atoms with Crippen molar-refractivity contribution in [2.45, 2.75) is 19.8 Å². The van der Waals surface area contributed by atoms with Gasteiger partial charge in [-0.15, -0.1) is 0 Å². The Morgan fingerprint density at radius 3 is 2.63 bits per heavy atom. The molecule has 0 saturated heterocycles. The molecule has 3 N–H and O–H groups in total. The van der Waals surface area contributed by atoms with Crippen molar-refractivity contribution in [1.82, 2.24) is 15.1 Å². The molecule has 0 aromatic carbocycles. The molecule has 1 unspecified atom stereocenters. The van der Waals surface area contributed by atoms with Crippen LogP contribution in [0, 0.1) is 0 Å². The molecular formula is C21H18Cl2N5O6P. The first-order chi connectivity index (χ1) is 16.7. The van der Waals surface area contributed by atoms with E-state index in [9.17, 15) is 9.46 Å². The minimum Gasteiger partial charge on any atom is -0.756 e. The van der Waals surface area contributed by atoms with Gasteiger partial charge in [-0.3, -0.25) is 14.8 Å². The lowest BCUT2D eigenvalue weighted by molar-refractivity contribution is -0.712. The van der Waals surface area contributed by atoms with Crippen molar-refractivity contribution in [2.75, 3.05) is 5.73 Å². The molecule has 0 fully saturated rings. The van der Waals surface area contributed by atoms with Crippen LogP contribution in [0.3, 0.4) is 0 Å². The minimum atomic E-state index is -4.89. The Balaban J connectivity index is 1.40. The number of rotatable bonds is 9. The molecule has 0 saturated carbocycles. The van der Waals surface area contributed by atoms with Crippen LogP contribution in [0.4, 0.5) is 5.82 Å². The second-order valence-corrected chi connectivity index (χ2v) is 9.25. The number of ether oxygens (including phenoxy) is 1. The Kier molecular flexibility index (Phi) is 7.66. The molecule has 35 heavy (non-hydrogen) atoms. The molecule has 0 aliphatic rings. The SMILES string of the molecule is Nc1c(-c2cc(Cc3ccc(OCc4cc(Cl)nc(Cl)c4)nc3)no2)ccc[n+]1COP(=O)([O-])O. The largest absolute Gasteiger partial charge is 0.756 e. The summed E-state index contributed by atoms with van der Waals surface area (Å²) in [6, 6.07) is 11.9. The third-order valence-electron chi connectivity index (χ3n) is 4.69. The average Bonchev–Trinajstić information content (AvgIpc) is 3.25. The van der Waals surface area contributed by atoms with Crippen molar-refractivity contribution in [3.05, 3.63) is 82.0 Å². The van der Waals surface area contributed by atoms with E-state index in [1.54, 1.807) is 42.6 Å². The second kappa shape index (κ2) is 10.7. The highest BCUT2D eigenvalue weighted by molar-refractivity contribution is 7.44. The molecule has 0 spiro atoms. The van der Waals surface area contributed by atoms with Gasteiger partial charge in [0.1, 0.15) is 22.5 Å². The fourth-order valence-electron chi connectivity index (χ4n) is 3.11. The fourth-order valence-corrected chi connectivity index (χ4v) is 3.88. The number of nitrogen functional groups attached to an aromatic ring is 1. The number of anilines is 1. The van der Waals surface area contributed by atoms with Crippen molar-refractivity contribution in [3.63, 3.8) is 0 Å². The summed E-state index contributed by atoms with van der Waals surface area (Å²) in [5, 5.41) is 4.63. The van der Waals surface area contributed by atoms with Crippen LogP contribution in [0.1, 0.15) is 16.8 Å². The molecular weight excluding hydrogens is 520 g/mol. The van der Waals surface area contributed by atoms with E-state index in [2.05, 4.69) is 19.6 Å². The number of aromatic nitrogens is 4. The maximum atomic E-state index is 10.8. The second-order valence-electron chi connectivity index (χ2n) is 7.28. The predicted molar refractivity (Wildman–Crippen MR) is 123 cm³/mol. The third kappa shape index (κ3) is 6.98. The number of phosphoric acid groups is 1. The summed E-state index contributed by atoms with van der Waals surface area (Å²) < 4.78 is 27.6. The number of phosphoric ester groups is 1. The first-order valence-corrected chi connectivity index (χ1v) is 12.2. The van der Waals surface area contributed by atoms with Crippen molar-refractivity contribution in [2.24, 2.45) is 0 Å². The van der Waals surface area contributed by atoms with E-state index in [1.807, 2.05) is 6.07 Å². The number of hydrogen-bond acceptors (Lipinski definition) is 9. The van der Waals surface area contributed by atoms with Gasteiger partial charge in [0, 0.05) is 24.8 Å². The first-order valence-electron chi connectivity index (χ1n) is 9.98. The lowest BCUT2D eigenvalue weighted by atomic mass is 10.1. The molecule has 0 bridgehead atoms. The summed E-state index contributed by atoms with van der Waals surface area (Å²) in [5.74, 6) is 0.973. The highest BCUT2D eigenvalue weighted by Gasteiger charge is 2.18. The minimum absolute atomic E-state index is 0.170. The number of nitrogens with zero attached hydrogens (tertiary/aromatic N) is 4. The van der Waals surface area contributed by atoms with E-state index in [0.717, 1.165) is 11.1 Å². The van der Waals surface area contributed by atoms with E-state index in [1.165, 1.54) is 10.8 Å². The first kappa shape index (κ1) is 25.1. The molecule has 14 heteroatoms. The smallest absolute Gasteiger partial charge is 0.285 e. The van der Waals surface area contributed by atoms with Gasteiger partial charge < -0.3 is 19.0 Å². The topological polar surface area (TPSA) is 161 Å². The Bertz CT molecular complexity index is 1360. The molecule has 4 heterocycles. The van der Waals surface area contributed by atoms with E-state index in [4.69, 9.17) is 43.1 Å². The van der Waals surface area contributed by atoms with Gasteiger partial charge >= 0.3 is 0 Å². The summed E-state index contributed by atoms with van der Waals surface area (Å²) in [7, 11) is -4.89. The quantitative estimate of drug-likeness (QED) is 0.184. The summed E-state index contributed by atoms with van der Waals surface area (Å²) in [6.45, 7) is -0.256. The van der Waals surface area contributed by atoms with E-state index in [0.29, 0.717) is 29.3 Å². The summed E-state index contributed by atoms with van der Waals surface area (Å²) >= 11 is 11.8. The van der Waals surface area contributed by atoms with Crippen LogP contribution in [0.25, 0.3) is 11.3 Å². The molecule has 0 aliphatic carbocycles. The van der Waals surface area contributed by atoms with Gasteiger partial charge in [-0.25, -0.2) is 14.5 Å². The van der Waals surface area contributed by atoms with Gasteiger partial charge in [-0.05, 0) is 35.4 Å². The van der Waals surface area contributed by atoms with Crippen LogP contribution in [0.5, 0.6) is 5.88 Å². The zero-order valence-electron chi connectivity index (χ0n) is 17.9. The van der Waals surface area contributed by atoms with Crippen LogP contribution in [-0.2, 0) is 28.8 Å². The maximum absolute atomic E-state index is 10.8. The maximum Gasteiger partial charge on any atom is 0.285 e. The van der Waals surface area contributed by atoms with Gasteiger partial charge in [0.2, 0.25) is 5.88 Å². The summed E-state index contributed by atoms with van der Waals surface area (Å²) in [5.41, 5.74) is 8.83. The Hall–Kier alpha value is -3.05. The lowest BCUT2D eigenvalue weighted by Gasteiger charge is -2.14. The van der Waals surface area contributed by atoms with E-state index < -0.39 is 14.6 Å². The van der Waals surface area contributed by atoms with Crippen molar-refractivity contribution < 1.29 is 32.7 Å². The lowest BCUT2D eigenvalue weighted by Crippen LogP contribution is -2.38. The average molecular weight is 538 g/mol. The normalized spacial score (nSPS) is 12.9. The number of hydrogen-bond donors (Lipinski definition) is 2. The fraction of sp³-hybridized carbons (Fsp3) is 0.143. The molecule has 1 atom stereocenters. The zero-order valence-corrected chi connectivity index (χ0v) is 20.3. The molecule has 4 rings (SSSR count). The van der Waals surface area contributed by atoms with Gasteiger partial charge in [0.05, 0.1) is 11.9 Å². The van der Waals surface area contributed by atoms with E-state index >= 15 is 0 Å². The molecule has 182 valence electrons. The van der Waals surface area contributed by atoms with Crippen LogP contribution < -0.4 is 19.9 Å². The van der Waals surface area contributed by atoms with Gasteiger partial charge in [-0.1, -0.05) is 34.4 Å². The highest BCUT2D eigenvalue weighted by Crippen LogP contribution is 2.30. The van der Waals surface area contributed by atoms with Gasteiger partial charge in [0.15, 0.2) is 12.5 Å². The van der Waals surface area contributed by atoms with Crippen molar-refractivity contribution in [3.8, 4) is 17.2 Å². The monoisotopic (exact) mass is 537 g/mol. The highest BCUT2D eigenvalue weighted by atomic mass is 35.5. The zero-order chi connectivity index (χ0) is 25.0. The molecule has 0 aliphatic heterocycles. The molecule has 11 nitrogen and oxygen atoms in total. The third-order valence-corrected chi connectivity index (χ3v) is 5.52. The van der Waals surface area contributed by atoms with Gasteiger partial charge in [0.25, 0.3) is 13.6 Å².